The summed E-state index contributed by atoms with van der Waals surface area (Å²) in [5.74, 6) is -1.59. The van der Waals surface area contributed by atoms with E-state index in [1.54, 1.807) is 6.92 Å². The average Bonchev–Trinajstić information content (AvgIpc) is 3.41. The van der Waals surface area contributed by atoms with E-state index in [-0.39, 0.29) is 6.61 Å². The molecule has 6 heteroatoms. The highest BCUT2D eigenvalue weighted by atomic mass is 16.5. The fourth-order valence-electron chi connectivity index (χ4n) is 2.92. The van der Waals surface area contributed by atoms with Crippen LogP contribution in [0, 0.1) is 0 Å². The molecular weight excluding hydrogens is 294 g/mol. The molecule has 2 aliphatic rings. The number of carbonyl (C=O) groups is 2. The third kappa shape index (κ3) is 4.01. The van der Waals surface area contributed by atoms with E-state index in [1.165, 1.54) is 12.8 Å². The van der Waals surface area contributed by atoms with Gasteiger partial charge in [-0.3, -0.25) is 9.69 Å². The Morgan fingerprint density at radius 2 is 1.78 bits per heavy atom. The molecule has 1 amide bonds. The van der Waals surface area contributed by atoms with Crippen LogP contribution in [0.5, 0.6) is 0 Å². The lowest BCUT2D eigenvalue weighted by Crippen LogP contribution is -2.47. The maximum atomic E-state index is 11.6. The summed E-state index contributed by atoms with van der Waals surface area (Å²) < 4.78 is 4.67. The number of rotatable bonds is 4. The average molecular weight is 317 g/mol. The number of benzene rings is 1. The quantitative estimate of drug-likeness (QED) is 0.673. The number of piperazine rings is 1. The van der Waals surface area contributed by atoms with Gasteiger partial charge in [-0.05, 0) is 44.0 Å². The van der Waals surface area contributed by atoms with Crippen molar-refractivity contribution in [2.75, 3.05) is 43.0 Å². The molecule has 0 atom stereocenters. The van der Waals surface area contributed by atoms with Gasteiger partial charge in [0.15, 0.2) is 0 Å². The maximum absolute atomic E-state index is 11.6. The van der Waals surface area contributed by atoms with Crippen LogP contribution in [0.3, 0.4) is 0 Å². The summed E-state index contributed by atoms with van der Waals surface area (Å²) in [6, 6.07) is 8.43. The molecule has 1 aliphatic heterocycles. The lowest BCUT2D eigenvalue weighted by molar-refractivity contribution is -0.152. The molecule has 1 aromatic rings. The molecule has 1 saturated carbocycles. The number of hydrogen-bond donors (Lipinski definition) is 1. The molecule has 0 radical (unpaired) electrons. The van der Waals surface area contributed by atoms with Crippen LogP contribution in [0.4, 0.5) is 11.4 Å². The van der Waals surface area contributed by atoms with Gasteiger partial charge in [0.2, 0.25) is 0 Å². The van der Waals surface area contributed by atoms with Gasteiger partial charge in [0, 0.05) is 43.6 Å². The Balaban J connectivity index is 1.52. The monoisotopic (exact) mass is 317 g/mol. The minimum atomic E-state index is -0.854. The number of nitrogens with zero attached hydrogens (tertiary/aromatic N) is 2. The van der Waals surface area contributed by atoms with E-state index in [0.717, 1.165) is 37.9 Å². The van der Waals surface area contributed by atoms with E-state index < -0.39 is 11.9 Å². The topological polar surface area (TPSA) is 61.9 Å². The number of anilines is 2. The van der Waals surface area contributed by atoms with Gasteiger partial charge in [-0.2, -0.15) is 0 Å². The van der Waals surface area contributed by atoms with Crippen LogP contribution in [-0.4, -0.2) is 55.6 Å². The second-order valence-electron chi connectivity index (χ2n) is 5.98. The van der Waals surface area contributed by atoms with Crippen LogP contribution < -0.4 is 10.2 Å². The van der Waals surface area contributed by atoms with Gasteiger partial charge in [0.25, 0.3) is 0 Å². The van der Waals surface area contributed by atoms with Gasteiger partial charge in [0.1, 0.15) is 0 Å². The molecular formula is C17H23N3O3. The zero-order valence-electron chi connectivity index (χ0n) is 13.5. The lowest BCUT2D eigenvalue weighted by atomic mass is 10.2. The Morgan fingerprint density at radius 3 is 2.35 bits per heavy atom. The third-order valence-corrected chi connectivity index (χ3v) is 4.33. The molecule has 2 fully saturated rings. The highest BCUT2D eigenvalue weighted by Crippen LogP contribution is 2.28. The van der Waals surface area contributed by atoms with Gasteiger partial charge in [0.05, 0.1) is 6.61 Å². The summed E-state index contributed by atoms with van der Waals surface area (Å²) in [4.78, 5) is 27.8. The van der Waals surface area contributed by atoms with Crippen molar-refractivity contribution < 1.29 is 14.3 Å². The summed E-state index contributed by atoms with van der Waals surface area (Å²) in [5.41, 5.74) is 1.75. The zero-order valence-corrected chi connectivity index (χ0v) is 13.5. The predicted octanol–water partition coefficient (Wildman–Crippen LogP) is 1.47. The van der Waals surface area contributed by atoms with Gasteiger partial charge in [-0.15, -0.1) is 0 Å². The van der Waals surface area contributed by atoms with Crippen molar-refractivity contribution in [2.45, 2.75) is 25.8 Å². The molecule has 0 bridgehead atoms. The first-order chi connectivity index (χ1) is 11.2. The van der Waals surface area contributed by atoms with Crippen molar-refractivity contribution in [1.29, 1.82) is 0 Å². The van der Waals surface area contributed by atoms with Crippen molar-refractivity contribution in [3.05, 3.63) is 24.3 Å². The van der Waals surface area contributed by atoms with Crippen molar-refractivity contribution in [2.24, 2.45) is 0 Å². The summed E-state index contributed by atoms with van der Waals surface area (Å²) in [6.07, 6.45) is 2.71. The minimum absolute atomic E-state index is 0.192. The zero-order chi connectivity index (χ0) is 16.2. The normalized spacial score (nSPS) is 18.6. The predicted molar refractivity (Wildman–Crippen MR) is 88.5 cm³/mol. The van der Waals surface area contributed by atoms with Crippen LogP contribution in [0.2, 0.25) is 0 Å². The van der Waals surface area contributed by atoms with E-state index in [4.69, 9.17) is 0 Å². The lowest BCUT2D eigenvalue weighted by Gasteiger charge is -2.36. The number of ether oxygens (including phenoxy) is 1. The molecule has 1 saturated heterocycles. The number of nitrogens with one attached hydrogen (secondary N) is 1. The SMILES string of the molecule is CCOC(=O)C(=O)Nc1ccc(N2CCN(C3CC3)CC2)cc1. The molecule has 0 spiro atoms. The second-order valence-corrected chi connectivity index (χ2v) is 5.98. The molecule has 0 unspecified atom stereocenters. The van der Waals surface area contributed by atoms with Gasteiger partial charge in [-0.25, -0.2) is 4.79 Å². The van der Waals surface area contributed by atoms with E-state index in [9.17, 15) is 9.59 Å². The molecule has 124 valence electrons. The smallest absolute Gasteiger partial charge is 0.397 e. The molecule has 0 aromatic heterocycles. The summed E-state index contributed by atoms with van der Waals surface area (Å²) in [5, 5.41) is 2.55. The van der Waals surface area contributed by atoms with Crippen LogP contribution in [0.25, 0.3) is 0 Å². The molecule has 1 heterocycles. The van der Waals surface area contributed by atoms with Gasteiger partial charge >= 0.3 is 11.9 Å². The van der Waals surface area contributed by atoms with Crippen LogP contribution >= 0.6 is 0 Å². The van der Waals surface area contributed by atoms with Crippen molar-refractivity contribution in [1.82, 2.24) is 4.90 Å². The summed E-state index contributed by atoms with van der Waals surface area (Å²) in [7, 11) is 0. The largest absolute Gasteiger partial charge is 0.459 e. The Morgan fingerprint density at radius 1 is 1.13 bits per heavy atom. The molecule has 1 aromatic carbocycles. The first-order valence-corrected chi connectivity index (χ1v) is 8.24. The number of hydrogen-bond acceptors (Lipinski definition) is 5. The van der Waals surface area contributed by atoms with Crippen molar-refractivity contribution in [3.8, 4) is 0 Å². The van der Waals surface area contributed by atoms with E-state index in [0.29, 0.717) is 5.69 Å². The van der Waals surface area contributed by atoms with E-state index in [1.807, 2.05) is 24.3 Å². The van der Waals surface area contributed by atoms with Crippen LogP contribution in [-0.2, 0) is 14.3 Å². The Kier molecular flexibility index (Phi) is 4.81. The number of esters is 1. The standard InChI is InChI=1S/C17H23N3O3/c1-2-23-17(22)16(21)18-13-3-5-14(6-4-13)19-9-11-20(12-10-19)15-7-8-15/h3-6,15H,2,7-12H2,1H3,(H,18,21). The highest BCUT2D eigenvalue weighted by molar-refractivity contribution is 6.37. The van der Waals surface area contributed by atoms with E-state index >= 15 is 0 Å². The molecule has 1 N–H and O–H groups in total. The Bertz CT molecular complexity index is 561. The minimum Gasteiger partial charge on any atom is -0.459 e. The highest BCUT2D eigenvalue weighted by Gasteiger charge is 2.31. The van der Waals surface area contributed by atoms with E-state index in [2.05, 4.69) is 19.9 Å². The van der Waals surface area contributed by atoms with Crippen molar-refractivity contribution in [3.63, 3.8) is 0 Å². The van der Waals surface area contributed by atoms with Crippen LogP contribution in [0.1, 0.15) is 19.8 Å². The van der Waals surface area contributed by atoms with Gasteiger partial charge in [-0.1, -0.05) is 0 Å². The third-order valence-electron chi connectivity index (χ3n) is 4.33. The van der Waals surface area contributed by atoms with Crippen LogP contribution in [0.15, 0.2) is 24.3 Å². The second kappa shape index (κ2) is 7.00. The number of amides is 1. The maximum Gasteiger partial charge on any atom is 0.397 e. The fourth-order valence-corrected chi connectivity index (χ4v) is 2.92. The summed E-state index contributed by atoms with van der Waals surface area (Å²) in [6.45, 7) is 6.16. The molecule has 6 nitrogen and oxygen atoms in total. The molecule has 3 rings (SSSR count). The molecule has 23 heavy (non-hydrogen) atoms. The Hall–Kier alpha value is -2.08. The fraction of sp³-hybridized carbons (Fsp3) is 0.529. The van der Waals surface area contributed by atoms with Crippen molar-refractivity contribution >= 4 is 23.3 Å². The summed E-state index contributed by atoms with van der Waals surface area (Å²) >= 11 is 0. The first-order valence-electron chi connectivity index (χ1n) is 8.24. The first kappa shape index (κ1) is 15.8. The number of carbonyl (C=O) groups excluding carboxylic acids is 2. The molecule has 1 aliphatic carbocycles. The van der Waals surface area contributed by atoms with Gasteiger partial charge < -0.3 is 15.0 Å². The Labute approximate surface area is 136 Å².